The first-order valence-electron chi connectivity index (χ1n) is 10.7. The van der Waals surface area contributed by atoms with Crippen molar-refractivity contribution in [1.82, 2.24) is 14.8 Å². The normalized spacial score (nSPS) is 20.6. The van der Waals surface area contributed by atoms with Crippen LogP contribution in [-0.2, 0) is 25.9 Å². The van der Waals surface area contributed by atoms with E-state index in [9.17, 15) is 4.79 Å². The number of likely N-dealkylation sites (tertiary alicyclic amines) is 1. The van der Waals surface area contributed by atoms with Crippen LogP contribution in [-0.4, -0.2) is 40.3 Å². The molecule has 150 valence electrons. The predicted molar refractivity (Wildman–Crippen MR) is 115 cm³/mol. The summed E-state index contributed by atoms with van der Waals surface area (Å²) in [5.74, 6) is 1.000. The van der Waals surface area contributed by atoms with Crippen LogP contribution in [0.4, 0.5) is 0 Å². The minimum absolute atomic E-state index is 0.261. The molecule has 4 heterocycles. The molecule has 1 amide bonds. The van der Waals surface area contributed by atoms with Crippen molar-refractivity contribution in [3.05, 3.63) is 51.0 Å². The number of aromatic nitrogens is 1. The van der Waals surface area contributed by atoms with Gasteiger partial charge in [0.05, 0.1) is 11.3 Å². The minimum atomic E-state index is 0.261. The second-order valence-electron chi connectivity index (χ2n) is 8.35. The highest BCUT2D eigenvalue weighted by atomic mass is 32.1. The second kappa shape index (κ2) is 8.75. The lowest BCUT2D eigenvalue weighted by atomic mass is 10.0. The molecule has 2 aromatic heterocycles. The molecule has 0 spiro atoms. The molecule has 2 aliphatic heterocycles. The van der Waals surface area contributed by atoms with Gasteiger partial charge in [0, 0.05) is 49.2 Å². The fourth-order valence-electron chi connectivity index (χ4n) is 4.32. The van der Waals surface area contributed by atoms with Crippen LogP contribution in [0.5, 0.6) is 0 Å². The van der Waals surface area contributed by atoms with Gasteiger partial charge in [-0.15, -0.1) is 11.3 Å². The van der Waals surface area contributed by atoms with Crippen LogP contribution in [0.3, 0.4) is 0 Å². The van der Waals surface area contributed by atoms with Crippen LogP contribution in [0.1, 0.15) is 65.2 Å². The lowest BCUT2D eigenvalue weighted by Crippen LogP contribution is -2.34. The van der Waals surface area contributed by atoms with Crippen LogP contribution in [0, 0.1) is 5.92 Å². The van der Waals surface area contributed by atoms with Crippen LogP contribution in [0.15, 0.2) is 23.7 Å². The zero-order valence-corrected chi connectivity index (χ0v) is 17.9. The van der Waals surface area contributed by atoms with Gasteiger partial charge in [-0.2, -0.15) is 0 Å². The lowest BCUT2D eigenvalue weighted by molar-refractivity contribution is 0.0759. The number of thiophene rings is 1. The molecule has 5 heteroatoms. The number of rotatable bonds is 4. The molecule has 0 N–H and O–H groups in total. The van der Waals surface area contributed by atoms with Gasteiger partial charge in [-0.3, -0.25) is 14.7 Å². The summed E-state index contributed by atoms with van der Waals surface area (Å²) < 4.78 is 0. The number of carbonyl (C=O) groups is 1. The number of nitrogens with zero attached hydrogens (tertiary/aromatic N) is 3. The van der Waals surface area contributed by atoms with E-state index in [-0.39, 0.29) is 5.91 Å². The highest BCUT2D eigenvalue weighted by Gasteiger charge is 2.27. The van der Waals surface area contributed by atoms with E-state index in [1.54, 1.807) is 11.3 Å². The molecule has 0 radical (unpaired) electrons. The van der Waals surface area contributed by atoms with Gasteiger partial charge in [0.15, 0.2) is 0 Å². The maximum Gasteiger partial charge on any atom is 0.254 e. The Morgan fingerprint density at radius 1 is 1.25 bits per heavy atom. The second-order valence-corrected chi connectivity index (χ2v) is 9.32. The Hall–Kier alpha value is -1.72. The molecule has 4 nitrogen and oxygen atoms in total. The number of carbonyl (C=O) groups excluding carboxylic acids is 1. The number of fused-ring (bicyclic) bond motifs is 1. The van der Waals surface area contributed by atoms with Crippen molar-refractivity contribution < 1.29 is 4.79 Å². The van der Waals surface area contributed by atoms with Crippen molar-refractivity contribution in [3.8, 4) is 0 Å². The van der Waals surface area contributed by atoms with Gasteiger partial charge in [0.2, 0.25) is 0 Å². The Bertz CT molecular complexity index is 814. The van der Waals surface area contributed by atoms with Crippen molar-refractivity contribution in [2.75, 3.05) is 19.6 Å². The minimum Gasteiger partial charge on any atom is -0.339 e. The Kier molecular flexibility index (Phi) is 6.12. The lowest BCUT2D eigenvalue weighted by Gasteiger charge is -2.27. The van der Waals surface area contributed by atoms with Gasteiger partial charge >= 0.3 is 0 Å². The molecule has 2 aliphatic rings. The maximum atomic E-state index is 13.1. The van der Waals surface area contributed by atoms with Gasteiger partial charge in [0.1, 0.15) is 0 Å². The Morgan fingerprint density at radius 3 is 2.93 bits per heavy atom. The first-order valence-corrected chi connectivity index (χ1v) is 11.6. The molecule has 0 aliphatic carbocycles. The van der Waals surface area contributed by atoms with Gasteiger partial charge in [-0.05, 0) is 55.2 Å². The van der Waals surface area contributed by atoms with Crippen molar-refractivity contribution >= 4 is 17.2 Å². The van der Waals surface area contributed by atoms with Crippen LogP contribution < -0.4 is 0 Å². The highest BCUT2D eigenvalue weighted by Crippen LogP contribution is 2.31. The van der Waals surface area contributed by atoms with Crippen molar-refractivity contribution in [3.63, 3.8) is 0 Å². The third-order valence-electron chi connectivity index (χ3n) is 6.24. The quantitative estimate of drug-likeness (QED) is 0.761. The fourth-order valence-corrected chi connectivity index (χ4v) is 5.43. The van der Waals surface area contributed by atoms with E-state index < -0.39 is 0 Å². The SMILES string of the molecule is CCc1ccc(CN2CCc3c(C(=O)N4CCC[C@@H](C)CC4)csc3C2)nc1. The van der Waals surface area contributed by atoms with Crippen molar-refractivity contribution in [1.29, 1.82) is 0 Å². The molecular formula is C23H31N3OS. The number of aryl methyl sites for hydroxylation is 1. The van der Waals surface area contributed by atoms with E-state index in [4.69, 9.17) is 0 Å². The Morgan fingerprint density at radius 2 is 2.14 bits per heavy atom. The van der Waals surface area contributed by atoms with Crippen LogP contribution in [0.2, 0.25) is 0 Å². The van der Waals surface area contributed by atoms with E-state index in [2.05, 4.69) is 46.1 Å². The molecule has 0 aromatic carbocycles. The van der Waals surface area contributed by atoms with Gasteiger partial charge < -0.3 is 4.90 Å². The molecule has 1 fully saturated rings. The van der Waals surface area contributed by atoms with E-state index >= 15 is 0 Å². The number of pyridine rings is 1. The maximum absolute atomic E-state index is 13.1. The molecule has 28 heavy (non-hydrogen) atoms. The molecule has 0 saturated carbocycles. The Balaban J connectivity index is 1.42. The average molecular weight is 398 g/mol. The van der Waals surface area contributed by atoms with Gasteiger partial charge in [0.25, 0.3) is 5.91 Å². The Labute approximate surface area is 172 Å². The highest BCUT2D eigenvalue weighted by molar-refractivity contribution is 7.10. The topological polar surface area (TPSA) is 36.4 Å². The summed E-state index contributed by atoms with van der Waals surface area (Å²) in [5.41, 5.74) is 4.69. The predicted octanol–water partition coefficient (Wildman–Crippen LogP) is 4.53. The van der Waals surface area contributed by atoms with E-state index in [1.807, 2.05) is 6.20 Å². The summed E-state index contributed by atoms with van der Waals surface area (Å²) in [6.07, 6.45) is 7.51. The monoisotopic (exact) mass is 397 g/mol. The van der Waals surface area contributed by atoms with Crippen LogP contribution in [0.25, 0.3) is 0 Å². The number of amides is 1. The smallest absolute Gasteiger partial charge is 0.254 e. The third kappa shape index (κ3) is 4.31. The summed E-state index contributed by atoms with van der Waals surface area (Å²) in [4.78, 5) is 23.7. The first-order chi connectivity index (χ1) is 13.6. The number of hydrogen-bond donors (Lipinski definition) is 0. The summed E-state index contributed by atoms with van der Waals surface area (Å²) in [6.45, 7) is 9.11. The molecule has 1 atom stereocenters. The molecule has 4 rings (SSSR count). The standard InChI is InChI=1S/C23H31N3OS/c1-3-18-6-7-19(24-13-18)14-25-11-9-20-21(16-28-22(20)15-25)23(27)26-10-4-5-17(2)8-12-26/h6-7,13,16-17H,3-5,8-12,14-15H2,1-2H3/t17-/m1/s1. The van der Waals surface area contributed by atoms with Gasteiger partial charge in [-0.1, -0.05) is 19.9 Å². The first kappa shape index (κ1) is 19.6. The summed E-state index contributed by atoms with van der Waals surface area (Å²) in [5, 5.41) is 2.11. The van der Waals surface area contributed by atoms with Crippen molar-refractivity contribution in [2.45, 2.75) is 59.0 Å². The molecular weight excluding hydrogens is 366 g/mol. The van der Waals surface area contributed by atoms with Crippen molar-refractivity contribution in [2.24, 2.45) is 5.92 Å². The van der Waals surface area contributed by atoms with E-state index in [0.29, 0.717) is 0 Å². The summed E-state index contributed by atoms with van der Waals surface area (Å²) >= 11 is 1.76. The molecule has 0 unspecified atom stereocenters. The van der Waals surface area contributed by atoms with E-state index in [1.165, 1.54) is 22.4 Å². The molecule has 2 aromatic rings. The zero-order chi connectivity index (χ0) is 19.5. The molecule has 1 saturated heterocycles. The fraction of sp³-hybridized carbons (Fsp3) is 0.565. The average Bonchev–Trinajstić information content (AvgIpc) is 3.01. The summed E-state index contributed by atoms with van der Waals surface area (Å²) in [7, 11) is 0. The number of hydrogen-bond acceptors (Lipinski definition) is 4. The largest absolute Gasteiger partial charge is 0.339 e. The zero-order valence-electron chi connectivity index (χ0n) is 17.1. The van der Waals surface area contributed by atoms with E-state index in [0.717, 1.165) is 75.6 Å². The summed E-state index contributed by atoms with van der Waals surface area (Å²) in [6, 6.07) is 4.33. The van der Waals surface area contributed by atoms with Crippen LogP contribution >= 0.6 is 11.3 Å². The third-order valence-corrected chi connectivity index (χ3v) is 7.25. The van der Waals surface area contributed by atoms with Gasteiger partial charge in [-0.25, -0.2) is 0 Å². The molecule has 0 bridgehead atoms.